The van der Waals surface area contributed by atoms with Crippen LogP contribution in [0.1, 0.15) is 23.6 Å². The summed E-state index contributed by atoms with van der Waals surface area (Å²) in [6.45, 7) is 0. The SMILES string of the molecule is CNC(CCc1cc(F)ccc1F)c1ccccc1. The Labute approximate surface area is 112 Å². The summed E-state index contributed by atoms with van der Waals surface area (Å²) in [7, 11) is 1.87. The van der Waals surface area contributed by atoms with Gasteiger partial charge in [0.15, 0.2) is 0 Å². The molecule has 0 aliphatic rings. The van der Waals surface area contributed by atoms with Crippen molar-refractivity contribution in [1.29, 1.82) is 0 Å². The molecule has 0 saturated carbocycles. The minimum absolute atomic E-state index is 0.142. The number of nitrogens with one attached hydrogen (secondary N) is 1. The molecular weight excluding hydrogens is 244 g/mol. The molecule has 1 nitrogen and oxygen atoms in total. The fourth-order valence-electron chi connectivity index (χ4n) is 2.20. The maximum atomic E-state index is 13.5. The number of hydrogen-bond donors (Lipinski definition) is 1. The van der Waals surface area contributed by atoms with Gasteiger partial charge in [-0.1, -0.05) is 30.3 Å². The van der Waals surface area contributed by atoms with Crippen LogP contribution in [0.5, 0.6) is 0 Å². The van der Waals surface area contributed by atoms with Gasteiger partial charge in [-0.15, -0.1) is 0 Å². The quantitative estimate of drug-likeness (QED) is 0.861. The van der Waals surface area contributed by atoms with Crippen LogP contribution in [0, 0.1) is 11.6 Å². The second-order valence-corrected chi connectivity index (χ2v) is 4.53. The van der Waals surface area contributed by atoms with Gasteiger partial charge in [-0.25, -0.2) is 8.78 Å². The van der Waals surface area contributed by atoms with Gasteiger partial charge in [0.25, 0.3) is 0 Å². The molecule has 100 valence electrons. The zero-order valence-electron chi connectivity index (χ0n) is 10.9. The summed E-state index contributed by atoms with van der Waals surface area (Å²) in [5, 5.41) is 3.21. The van der Waals surface area contributed by atoms with Crippen molar-refractivity contribution in [2.45, 2.75) is 18.9 Å². The van der Waals surface area contributed by atoms with E-state index in [1.54, 1.807) is 0 Å². The molecule has 0 spiro atoms. The van der Waals surface area contributed by atoms with E-state index in [1.165, 1.54) is 12.1 Å². The first kappa shape index (κ1) is 13.7. The normalized spacial score (nSPS) is 12.4. The number of rotatable bonds is 5. The molecule has 0 bridgehead atoms. The number of aryl methyl sites for hydroxylation is 1. The van der Waals surface area contributed by atoms with E-state index in [9.17, 15) is 8.78 Å². The Hall–Kier alpha value is -1.74. The lowest BCUT2D eigenvalue weighted by Crippen LogP contribution is -2.17. The van der Waals surface area contributed by atoms with Crippen molar-refractivity contribution in [3.05, 3.63) is 71.3 Å². The summed E-state index contributed by atoms with van der Waals surface area (Å²) in [6.07, 6.45) is 1.23. The smallest absolute Gasteiger partial charge is 0.126 e. The third-order valence-corrected chi connectivity index (χ3v) is 3.26. The van der Waals surface area contributed by atoms with Gasteiger partial charge in [-0.3, -0.25) is 0 Å². The Kier molecular flexibility index (Phi) is 4.63. The summed E-state index contributed by atoms with van der Waals surface area (Å²) in [6, 6.07) is 13.7. The molecule has 0 saturated heterocycles. The Bertz CT molecular complexity index is 526. The fourth-order valence-corrected chi connectivity index (χ4v) is 2.20. The maximum Gasteiger partial charge on any atom is 0.126 e. The van der Waals surface area contributed by atoms with Crippen LogP contribution < -0.4 is 5.32 Å². The molecule has 0 heterocycles. The number of benzene rings is 2. The average molecular weight is 261 g/mol. The van der Waals surface area contributed by atoms with E-state index in [2.05, 4.69) is 5.32 Å². The number of halogens is 2. The molecule has 1 atom stereocenters. The molecule has 2 aromatic rings. The third kappa shape index (κ3) is 3.61. The molecule has 0 aromatic heterocycles. The second kappa shape index (κ2) is 6.43. The summed E-state index contributed by atoms with van der Waals surface area (Å²) < 4.78 is 26.6. The molecule has 1 N–H and O–H groups in total. The van der Waals surface area contributed by atoms with E-state index in [1.807, 2.05) is 37.4 Å². The maximum absolute atomic E-state index is 13.5. The van der Waals surface area contributed by atoms with Crippen molar-refractivity contribution in [1.82, 2.24) is 5.32 Å². The van der Waals surface area contributed by atoms with E-state index in [4.69, 9.17) is 0 Å². The van der Waals surface area contributed by atoms with Crippen molar-refractivity contribution >= 4 is 0 Å². The van der Waals surface area contributed by atoms with Crippen LogP contribution in [0.2, 0.25) is 0 Å². The summed E-state index contributed by atoms with van der Waals surface area (Å²) in [5.74, 6) is -0.735. The lowest BCUT2D eigenvalue weighted by Gasteiger charge is -2.16. The van der Waals surface area contributed by atoms with Crippen LogP contribution >= 0.6 is 0 Å². The predicted octanol–water partition coefficient (Wildman–Crippen LogP) is 3.86. The van der Waals surface area contributed by atoms with Gasteiger partial charge >= 0.3 is 0 Å². The molecular formula is C16H17F2N. The van der Waals surface area contributed by atoms with Gasteiger partial charge in [0.05, 0.1) is 0 Å². The first-order valence-corrected chi connectivity index (χ1v) is 6.37. The first-order valence-electron chi connectivity index (χ1n) is 6.37. The highest BCUT2D eigenvalue weighted by atomic mass is 19.1. The molecule has 1 unspecified atom stereocenters. The highest BCUT2D eigenvalue weighted by Gasteiger charge is 2.11. The first-order chi connectivity index (χ1) is 9.20. The van der Waals surface area contributed by atoms with Crippen LogP contribution in [-0.2, 0) is 6.42 Å². The molecule has 2 rings (SSSR count). The van der Waals surface area contributed by atoms with Gasteiger partial charge in [0.2, 0.25) is 0 Å². The molecule has 2 aromatic carbocycles. The summed E-state index contributed by atoms with van der Waals surface area (Å²) in [4.78, 5) is 0. The largest absolute Gasteiger partial charge is 0.313 e. The molecule has 0 fully saturated rings. The van der Waals surface area contributed by atoms with Gasteiger partial charge in [0, 0.05) is 6.04 Å². The van der Waals surface area contributed by atoms with E-state index in [-0.39, 0.29) is 11.9 Å². The van der Waals surface area contributed by atoms with Crippen molar-refractivity contribution in [2.75, 3.05) is 7.05 Å². The van der Waals surface area contributed by atoms with Crippen LogP contribution in [0.3, 0.4) is 0 Å². The van der Waals surface area contributed by atoms with E-state index < -0.39 is 5.82 Å². The van der Waals surface area contributed by atoms with E-state index >= 15 is 0 Å². The zero-order valence-corrected chi connectivity index (χ0v) is 10.9. The predicted molar refractivity (Wildman–Crippen MR) is 72.9 cm³/mol. The van der Waals surface area contributed by atoms with Crippen molar-refractivity contribution in [3.8, 4) is 0 Å². The monoisotopic (exact) mass is 261 g/mol. The average Bonchev–Trinajstić information content (AvgIpc) is 2.44. The van der Waals surface area contributed by atoms with Crippen LogP contribution in [-0.4, -0.2) is 7.05 Å². The molecule has 0 aliphatic heterocycles. The van der Waals surface area contributed by atoms with E-state index in [0.29, 0.717) is 12.0 Å². The highest BCUT2D eigenvalue weighted by Crippen LogP contribution is 2.20. The summed E-state index contributed by atoms with van der Waals surface area (Å²) >= 11 is 0. The zero-order chi connectivity index (χ0) is 13.7. The summed E-state index contributed by atoms with van der Waals surface area (Å²) in [5.41, 5.74) is 1.58. The molecule has 0 amide bonds. The van der Waals surface area contributed by atoms with Crippen molar-refractivity contribution in [2.24, 2.45) is 0 Å². The van der Waals surface area contributed by atoms with Crippen LogP contribution in [0.15, 0.2) is 48.5 Å². The fraction of sp³-hybridized carbons (Fsp3) is 0.250. The third-order valence-electron chi connectivity index (χ3n) is 3.26. The molecule has 19 heavy (non-hydrogen) atoms. The molecule has 0 radical (unpaired) electrons. The molecule has 0 aliphatic carbocycles. The van der Waals surface area contributed by atoms with Crippen molar-refractivity contribution < 1.29 is 8.78 Å². The van der Waals surface area contributed by atoms with Gasteiger partial charge in [0.1, 0.15) is 11.6 Å². The van der Waals surface area contributed by atoms with Gasteiger partial charge < -0.3 is 5.32 Å². The topological polar surface area (TPSA) is 12.0 Å². The second-order valence-electron chi connectivity index (χ2n) is 4.53. The highest BCUT2D eigenvalue weighted by molar-refractivity contribution is 5.22. The lowest BCUT2D eigenvalue weighted by atomic mass is 9.99. The number of hydrogen-bond acceptors (Lipinski definition) is 1. The minimum Gasteiger partial charge on any atom is -0.313 e. The minimum atomic E-state index is -0.392. The Morgan fingerprint density at radius 3 is 2.47 bits per heavy atom. The Morgan fingerprint density at radius 2 is 1.79 bits per heavy atom. The van der Waals surface area contributed by atoms with Gasteiger partial charge in [-0.05, 0) is 49.2 Å². The van der Waals surface area contributed by atoms with E-state index in [0.717, 1.165) is 18.1 Å². The standard InChI is InChI=1S/C16H17F2N/c1-19-16(12-5-3-2-4-6-12)10-7-13-11-14(17)8-9-15(13)18/h2-6,8-9,11,16,19H,7,10H2,1H3. The van der Waals surface area contributed by atoms with Crippen LogP contribution in [0.25, 0.3) is 0 Å². The Balaban J connectivity index is 2.06. The van der Waals surface area contributed by atoms with Gasteiger partial charge in [-0.2, -0.15) is 0 Å². The van der Waals surface area contributed by atoms with Crippen LogP contribution in [0.4, 0.5) is 8.78 Å². The lowest BCUT2D eigenvalue weighted by molar-refractivity contribution is 0.529. The Morgan fingerprint density at radius 1 is 1.05 bits per heavy atom. The molecule has 3 heteroatoms. The van der Waals surface area contributed by atoms with Crippen molar-refractivity contribution in [3.63, 3.8) is 0 Å².